The summed E-state index contributed by atoms with van der Waals surface area (Å²) in [4.78, 5) is 16.3. The zero-order chi connectivity index (χ0) is 17.7. The normalized spacial score (nSPS) is 26.6. The summed E-state index contributed by atoms with van der Waals surface area (Å²) in [6.45, 7) is 2.66. The van der Waals surface area contributed by atoms with Crippen LogP contribution in [0.2, 0.25) is 0 Å². The number of hydrogen-bond donors (Lipinski definition) is 2. The molecule has 1 saturated heterocycles. The van der Waals surface area contributed by atoms with Crippen molar-refractivity contribution in [3.8, 4) is 0 Å². The number of rotatable bonds is 5. The minimum atomic E-state index is -3.39. The van der Waals surface area contributed by atoms with Crippen LogP contribution in [0.1, 0.15) is 25.7 Å². The smallest absolute Gasteiger partial charge is 0.317 e. The molecule has 0 bridgehead atoms. The maximum Gasteiger partial charge on any atom is 0.317 e. The first kappa shape index (κ1) is 19.4. The lowest BCUT2D eigenvalue weighted by atomic mass is 9.86. The van der Waals surface area contributed by atoms with Crippen LogP contribution in [0.15, 0.2) is 0 Å². The van der Waals surface area contributed by atoms with Crippen LogP contribution < -0.4 is 10.0 Å². The summed E-state index contributed by atoms with van der Waals surface area (Å²) in [5.41, 5.74) is 0. The summed E-state index contributed by atoms with van der Waals surface area (Å²) in [5, 5.41) is 3.12. The Kier molecular flexibility index (Phi) is 6.85. The molecule has 2 N–H and O–H groups in total. The second kappa shape index (κ2) is 8.46. The summed E-state index contributed by atoms with van der Waals surface area (Å²) in [5.74, 6) is 0.725. The molecule has 2 rings (SSSR count). The van der Waals surface area contributed by atoms with E-state index < -0.39 is 10.2 Å². The van der Waals surface area contributed by atoms with Gasteiger partial charge in [-0.2, -0.15) is 12.7 Å². The highest BCUT2D eigenvalue weighted by molar-refractivity contribution is 7.87. The summed E-state index contributed by atoms with van der Waals surface area (Å²) in [7, 11) is 2.21. The van der Waals surface area contributed by atoms with Gasteiger partial charge in [-0.3, -0.25) is 0 Å². The first-order valence-electron chi connectivity index (χ1n) is 8.70. The molecular formula is C15H31N5O3S. The Bertz CT molecular complexity index is 509. The average molecular weight is 362 g/mol. The van der Waals surface area contributed by atoms with Gasteiger partial charge in [0.15, 0.2) is 0 Å². The molecule has 1 aliphatic carbocycles. The highest BCUT2D eigenvalue weighted by Gasteiger charge is 2.29. The standard InChI is InChI=1S/C15H31N5O3S/c1-16-24(22,23)20-10-8-19(9-11-20)15(21)17-14-6-4-13(5-7-14)12-18(2)3/h13-14,16H,4-12H2,1-3H3,(H,17,21). The molecule has 0 unspecified atom stereocenters. The van der Waals surface area contributed by atoms with Crippen LogP contribution in [-0.2, 0) is 10.2 Å². The Labute approximate surface area is 145 Å². The highest BCUT2D eigenvalue weighted by Crippen LogP contribution is 2.24. The molecule has 24 heavy (non-hydrogen) atoms. The molecule has 140 valence electrons. The van der Waals surface area contributed by atoms with Crippen molar-refractivity contribution in [3.63, 3.8) is 0 Å². The minimum absolute atomic E-state index is 0.0624. The van der Waals surface area contributed by atoms with Crippen molar-refractivity contribution in [3.05, 3.63) is 0 Å². The second-order valence-corrected chi connectivity index (χ2v) is 8.90. The Morgan fingerprint density at radius 2 is 1.67 bits per heavy atom. The van der Waals surface area contributed by atoms with E-state index >= 15 is 0 Å². The molecule has 1 aliphatic heterocycles. The van der Waals surface area contributed by atoms with E-state index in [1.165, 1.54) is 11.4 Å². The van der Waals surface area contributed by atoms with Gasteiger partial charge in [0.25, 0.3) is 10.2 Å². The van der Waals surface area contributed by atoms with E-state index in [1.54, 1.807) is 4.90 Å². The van der Waals surface area contributed by atoms with Crippen LogP contribution >= 0.6 is 0 Å². The fraction of sp³-hybridized carbons (Fsp3) is 0.933. The Hall–Kier alpha value is -0.900. The number of nitrogens with one attached hydrogen (secondary N) is 2. The van der Waals surface area contributed by atoms with Crippen molar-refractivity contribution in [2.75, 3.05) is 53.9 Å². The molecule has 0 aromatic carbocycles. The average Bonchev–Trinajstić information content (AvgIpc) is 2.56. The third-order valence-electron chi connectivity index (χ3n) is 4.92. The van der Waals surface area contributed by atoms with Crippen molar-refractivity contribution in [2.45, 2.75) is 31.7 Å². The van der Waals surface area contributed by atoms with Gasteiger partial charge in [0.05, 0.1) is 0 Å². The lowest BCUT2D eigenvalue weighted by Crippen LogP contribution is -2.56. The van der Waals surface area contributed by atoms with Crippen molar-refractivity contribution in [1.29, 1.82) is 0 Å². The SMILES string of the molecule is CNS(=O)(=O)N1CCN(C(=O)NC2CCC(CN(C)C)CC2)CC1. The third kappa shape index (κ3) is 5.30. The molecule has 2 aliphatic rings. The van der Waals surface area contributed by atoms with Crippen molar-refractivity contribution >= 4 is 16.2 Å². The predicted octanol–water partition coefficient (Wildman–Crippen LogP) is -0.102. The van der Waals surface area contributed by atoms with Gasteiger partial charge < -0.3 is 15.1 Å². The van der Waals surface area contributed by atoms with E-state index in [0.29, 0.717) is 26.2 Å². The van der Waals surface area contributed by atoms with Crippen LogP contribution in [0.5, 0.6) is 0 Å². The lowest BCUT2D eigenvalue weighted by molar-refractivity contribution is 0.161. The van der Waals surface area contributed by atoms with Gasteiger partial charge in [-0.1, -0.05) is 0 Å². The van der Waals surface area contributed by atoms with Crippen LogP contribution in [0.25, 0.3) is 0 Å². The fourth-order valence-electron chi connectivity index (χ4n) is 3.53. The molecule has 8 nitrogen and oxygen atoms in total. The minimum Gasteiger partial charge on any atom is -0.335 e. The molecule has 0 radical (unpaired) electrons. The van der Waals surface area contributed by atoms with E-state index in [1.807, 2.05) is 0 Å². The van der Waals surface area contributed by atoms with Gasteiger partial charge in [-0.15, -0.1) is 0 Å². The van der Waals surface area contributed by atoms with Crippen LogP contribution in [0.3, 0.4) is 0 Å². The summed E-state index contributed by atoms with van der Waals surface area (Å²) in [6.07, 6.45) is 4.35. The molecule has 9 heteroatoms. The highest BCUT2D eigenvalue weighted by atomic mass is 32.2. The largest absolute Gasteiger partial charge is 0.335 e. The predicted molar refractivity (Wildman–Crippen MR) is 94.0 cm³/mol. The van der Waals surface area contributed by atoms with Gasteiger partial charge in [0.1, 0.15) is 0 Å². The van der Waals surface area contributed by atoms with Gasteiger partial charge in [0, 0.05) is 45.8 Å². The first-order valence-corrected chi connectivity index (χ1v) is 10.1. The fourth-order valence-corrected chi connectivity index (χ4v) is 4.43. The van der Waals surface area contributed by atoms with Crippen LogP contribution in [-0.4, -0.2) is 88.5 Å². The number of carbonyl (C=O) groups excluding carboxylic acids is 1. The number of urea groups is 1. The number of amides is 2. The van der Waals surface area contributed by atoms with E-state index in [2.05, 4.69) is 29.0 Å². The number of hydrogen-bond acceptors (Lipinski definition) is 4. The van der Waals surface area contributed by atoms with E-state index in [-0.39, 0.29) is 12.1 Å². The summed E-state index contributed by atoms with van der Waals surface area (Å²) < 4.78 is 27.2. The molecule has 0 aromatic rings. The maximum absolute atomic E-state index is 12.4. The third-order valence-corrected chi connectivity index (χ3v) is 6.48. The van der Waals surface area contributed by atoms with Crippen molar-refractivity contribution in [2.24, 2.45) is 5.92 Å². The maximum atomic E-state index is 12.4. The van der Waals surface area contributed by atoms with Gasteiger partial charge in [-0.25, -0.2) is 9.52 Å². The summed E-state index contributed by atoms with van der Waals surface area (Å²) >= 11 is 0. The lowest BCUT2D eigenvalue weighted by Gasteiger charge is -2.36. The quantitative estimate of drug-likeness (QED) is 0.716. The van der Waals surface area contributed by atoms with Gasteiger partial charge in [-0.05, 0) is 45.7 Å². The number of piperazine rings is 1. The van der Waals surface area contributed by atoms with Gasteiger partial charge in [0.2, 0.25) is 0 Å². The molecule has 1 heterocycles. The molecule has 1 saturated carbocycles. The van der Waals surface area contributed by atoms with E-state index in [9.17, 15) is 13.2 Å². The van der Waals surface area contributed by atoms with Crippen LogP contribution in [0, 0.1) is 5.92 Å². The van der Waals surface area contributed by atoms with E-state index in [0.717, 1.165) is 38.1 Å². The molecule has 2 amide bonds. The second-order valence-electron chi connectivity index (χ2n) is 7.02. The topological polar surface area (TPSA) is 85.0 Å². The molecule has 0 spiro atoms. The molecular weight excluding hydrogens is 330 g/mol. The molecule has 0 atom stereocenters. The molecule has 2 fully saturated rings. The Balaban J connectivity index is 1.73. The number of nitrogens with zero attached hydrogens (tertiary/aromatic N) is 3. The van der Waals surface area contributed by atoms with Crippen LogP contribution in [0.4, 0.5) is 4.79 Å². The monoisotopic (exact) mass is 361 g/mol. The van der Waals surface area contributed by atoms with Gasteiger partial charge >= 0.3 is 6.03 Å². The Morgan fingerprint density at radius 3 is 2.17 bits per heavy atom. The zero-order valence-corrected chi connectivity index (χ0v) is 15.8. The zero-order valence-electron chi connectivity index (χ0n) is 15.0. The number of carbonyl (C=O) groups is 1. The molecule has 0 aromatic heterocycles. The summed E-state index contributed by atoms with van der Waals surface area (Å²) in [6, 6.07) is 0.183. The Morgan fingerprint density at radius 1 is 1.08 bits per heavy atom. The van der Waals surface area contributed by atoms with Crippen molar-refractivity contribution in [1.82, 2.24) is 24.1 Å². The first-order chi connectivity index (χ1) is 11.3. The van der Waals surface area contributed by atoms with Crippen molar-refractivity contribution < 1.29 is 13.2 Å². The van der Waals surface area contributed by atoms with E-state index in [4.69, 9.17) is 0 Å².